The van der Waals surface area contributed by atoms with Gasteiger partial charge in [0, 0.05) is 19.0 Å². The Morgan fingerprint density at radius 1 is 1.32 bits per heavy atom. The van der Waals surface area contributed by atoms with E-state index in [1.807, 2.05) is 0 Å². The van der Waals surface area contributed by atoms with Crippen LogP contribution < -0.4 is 0 Å². The van der Waals surface area contributed by atoms with E-state index in [1.165, 1.54) is 12.8 Å². The Morgan fingerprint density at radius 2 is 2.12 bits per heavy atom. The van der Waals surface area contributed by atoms with Crippen LogP contribution in [0, 0.1) is 5.92 Å². The van der Waals surface area contributed by atoms with E-state index < -0.39 is 5.60 Å². The van der Waals surface area contributed by atoms with Gasteiger partial charge in [0.15, 0.2) is 5.82 Å². The van der Waals surface area contributed by atoms with Crippen LogP contribution in [-0.4, -0.2) is 62.9 Å². The fourth-order valence-electron chi connectivity index (χ4n) is 4.46. The number of likely N-dealkylation sites (N-methyl/N-ethyl adjacent to an activating group) is 1. The molecule has 0 saturated carbocycles. The summed E-state index contributed by atoms with van der Waals surface area (Å²) in [5.74, 6) is 1.96. The highest BCUT2D eigenvalue weighted by atomic mass is 16.5. The maximum absolute atomic E-state index is 11.4. The van der Waals surface area contributed by atoms with Crippen LogP contribution in [0.1, 0.15) is 64.6 Å². The molecule has 2 atom stereocenters. The van der Waals surface area contributed by atoms with Crippen molar-refractivity contribution >= 4 is 0 Å². The predicted molar refractivity (Wildman–Crippen MR) is 97.2 cm³/mol. The van der Waals surface area contributed by atoms with Crippen molar-refractivity contribution in [3.63, 3.8) is 0 Å². The largest absolute Gasteiger partial charge is 0.387 e. The summed E-state index contributed by atoms with van der Waals surface area (Å²) in [6.45, 7) is 10.9. The van der Waals surface area contributed by atoms with Crippen molar-refractivity contribution in [3.8, 4) is 0 Å². The Labute approximate surface area is 151 Å². The molecule has 142 valence electrons. The first-order valence-corrected chi connectivity index (χ1v) is 10.0. The van der Waals surface area contributed by atoms with Gasteiger partial charge in [-0.1, -0.05) is 32.3 Å². The molecule has 25 heavy (non-hydrogen) atoms. The lowest BCUT2D eigenvalue weighted by molar-refractivity contribution is -0.110. The molecular formula is C19H34N4O2. The molecule has 1 aromatic rings. The molecule has 1 aromatic heterocycles. The summed E-state index contributed by atoms with van der Waals surface area (Å²) in [6.07, 6.45) is 6.43. The van der Waals surface area contributed by atoms with Crippen LogP contribution in [0.4, 0.5) is 0 Å². The first-order valence-electron chi connectivity index (χ1n) is 10.0. The third-order valence-electron chi connectivity index (χ3n) is 5.69. The number of fused-ring (bicyclic) bond motifs is 1. The van der Waals surface area contributed by atoms with Crippen LogP contribution in [0.15, 0.2) is 4.52 Å². The lowest BCUT2D eigenvalue weighted by Crippen LogP contribution is -2.62. The lowest BCUT2D eigenvalue weighted by Gasteiger charge is -2.50. The van der Waals surface area contributed by atoms with E-state index in [0.29, 0.717) is 25.0 Å². The van der Waals surface area contributed by atoms with E-state index in [1.54, 1.807) is 0 Å². The Bertz CT molecular complexity index is 545. The van der Waals surface area contributed by atoms with Gasteiger partial charge in [0.1, 0.15) is 0 Å². The average molecular weight is 351 g/mol. The van der Waals surface area contributed by atoms with Crippen LogP contribution in [-0.2, 0) is 13.0 Å². The fraction of sp³-hybridized carbons (Fsp3) is 0.895. The zero-order chi connectivity index (χ0) is 17.9. The van der Waals surface area contributed by atoms with Crippen molar-refractivity contribution in [2.24, 2.45) is 5.92 Å². The standard InChI is InChI=1S/C19H34N4O2/c1-4-22(13-17-20-18(25-21-17)12-15(2)3)14-19(24)9-7-11-23-10-6-5-8-16(19)23/h15-16,24H,4-14H2,1-3H3/t16-,19-/m1/s1. The lowest BCUT2D eigenvalue weighted by atomic mass is 9.79. The van der Waals surface area contributed by atoms with Gasteiger partial charge in [-0.15, -0.1) is 0 Å². The highest BCUT2D eigenvalue weighted by Gasteiger charge is 2.44. The first-order chi connectivity index (χ1) is 12.0. The van der Waals surface area contributed by atoms with Crippen molar-refractivity contribution in [2.45, 2.75) is 77.5 Å². The van der Waals surface area contributed by atoms with E-state index in [4.69, 9.17) is 4.52 Å². The molecule has 0 radical (unpaired) electrons. The molecule has 0 aromatic carbocycles. The maximum Gasteiger partial charge on any atom is 0.226 e. The molecule has 2 fully saturated rings. The molecule has 6 nitrogen and oxygen atoms in total. The van der Waals surface area contributed by atoms with E-state index >= 15 is 0 Å². The molecule has 2 saturated heterocycles. The van der Waals surface area contributed by atoms with E-state index in [9.17, 15) is 5.11 Å². The average Bonchev–Trinajstić information content (AvgIpc) is 3.01. The molecule has 0 aliphatic carbocycles. The highest BCUT2D eigenvalue weighted by Crippen LogP contribution is 2.34. The Hall–Kier alpha value is -0.980. The Balaban J connectivity index is 1.63. The van der Waals surface area contributed by atoms with Gasteiger partial charge in [-0.05, 0) is 51.2 Å². The summed E-state index contributed by atoms with van der Waals surface area (Å²) < 4.78 is 5.36. The molecule has 3 heterocycles. The van der Waals surface area contributed by atoms with Crippen LogP contribution in [0.3, 0.4) is 0 Å². The summed E-state index contributed by atoms with van der Waals surface area (Å²) >= 11 is 0. The van der Waals surface area contributed by atoms with Gasteiger partial charge in [0.05, 0.1) is 12.1 Å². The van der Waals surface area contributed by atoms with E-state index in [2.05, 4.69) is 40.7 Å². The smallest absolute Gasteiger partial charge is 0.226 e. The summed E-state index contributed by atoms with van der Waals surface area (Å²) in [6, 6.07) is 0.311. The minimum Gasteiger partial charge on any atom is -0.387 e. The number of hydrogen-bond donors (Lipinski definition) is 1. The van der Waals surface area contributed by atoms with E-state index in [0.717, 1.165) is 57.0 Å². The van der Waals surface area contributed by atoms with Gasteiger partial charge in [0.25, 0.3) is 0 Å². The van der Waals surface area contributed by atoms with E-state index in [-0.39, 0.29) is 0 Å². The molecule has 1 N–H and O–H groups in total. The monoisotopic (exact) mass is 350 g/mol. The quantitative estimate of drug-likeness (QED) is 0.815. The molecule has 6 heteroatoms. The molecule has 0 bridgehead atoms. The van der Waals surface area contributed by atoms with Crippen molar-refractivity contribution in [3.05, 3.63) is 11.7 Å². The van der Waals surface area contributed by atoms with Gasteiger partial charge in [-0.3, -0.25) is 9.80 Å². The second kappa shape index (κ2) is 8.14. The number of hydrogen-bond acceptors (Lipinski definition) is 6. The van der Waals surface area contributed by atoms with Crippen LogP contribution in [0.5, 0.6) is 0 Å². The Kier molecular flexibility index (Phi) is 6.12. The summed E-state index contributed by atoms with van der Waals surface area (Å²) in [7, 11) is 0. The topological polar surface area (TPSA) is 65.6 Å². The molecule has 3 rings (SSSR count). The normalized spacial score (nSPS) is 27.8. The molecule has 0 spiro atoms. The minimum atomic E-state index is -0.612. The highest BCUT2D eigenvalue weighted by molar-refractivity contribution is 5.00. The molecule has 0 amide bonds. The van der Waals surface area contributed by atoms with Gasteiger partial charge < -0.3 is 9.63 Å². The third kappa shape index (κ3) is 4.60. The maximum atomic E-state index is 11.4. The van der Waals surface area contributed by atoms with Gasteiger partial charge >= 0.3 is 0 Å². The summed E-state index contributed by atoms with van der Waals surface area (Å²) in [4.78, 5) is 9.30. The molecule has 2 aliphatic heterocycles. The van der Waals surface area contributed by atoms with Gasteiger partial charge in [0.2, 0.25) is 5.89 Å². The molecule has 2 aliphatic rings. The molecular weight excluding hydrogens is 316 g/mol. The zero-order valence-electron chi connectivity index (χ0n) is 16.1. The fourth-order valence-corrected chi connectivity index (χ4v) is 4.46. The van der Waals surface area contributed by atoms with Crippen LogP contribution >= 0.6 is 0 Å². The number of piperidine rings is 2. The van der Waals surface area contributed by atoms with Crippen molar-refractivity contribution < 1.29 is 9.63 Å². The summed E-state index contributed by atoms with van der Waals surface area (Å²) in [5, 5.41) is 15.6. The predicted octanol–water partition coefficient (Wildman–Crippen LogP) is 2.47. The second-order valence-corrected chi connectivity index (χ2v) is 8.26. The Morgan fingerprint density at radius 3 is 2.88 bits per heavy atom. The second-order valence-electron chi connectivity index (χ2n) is 8.26. The number of aromatic nitrogens is 2. The molecule has 0 unspecified atom stereocenters. The zero-order valence-corrected chi connectivity index (χ0v) is 16.1. The van der Waals surface area contributed by atoms with Crippen LogP contribution in [0.2, 0.25) is 0 Å². The van der Waals surface area contributed by atoms with Crippen LogP contribution in [0.25, 0.3) is 0 Å². The number of rotatable bonds is 7. The van der Waals surface area contributed by atoms with Gasteiger partial charge in [-0.25, -0.2) is 0 Å². The number of aliphatic hydroxyl groups is 1. The number of nitrogens with zero attached hydrogens (tertiary/aromatic N) is 4. The van der Waals surface area contributed by atoms with Crippen molar-refractivity contribution in [1.29, 1.82) is 0 Å². The first kappa shape index (κ1) is 18.8. The van der Waals surface area contributed by atoms with Gasteiger partial charge in [-0.2, -0.15) is 4.98 Å². The van der Waals surface area contributed by atoms with Crippen molar-refractivity contribution in [2.75, 3.05) is 26.2 Å². The van der Waals surface area contributed by atoms with Crippen molar-refractivity contribution in [1.82, 2.24) is 19.9 Å². The summed E-state index contributed by atoms with van der Waals surface area (Å²) in [5.41, 5.74) is -0.612. The minimum absolute atomic E-state index is 0.311. The third-order valence-corrected chi connectivity index (χ3v) is 5.69. The SMILES string of the molecule is CCN(Cc1noc(CC(C)C)n1)C[C@]1(O)CCCN2CCCC[C@@H]21.